The fraction of sp³-hybridized carbons (Fsp3) is 0. The molecular weight excluding hydrogens is 1020 g/mol. The van der Waals surface area contributed by atoms with Crippen molar-refractivity contribution in [2.24, 2.45) is 0 Å². The molecule has 11 aromatic carbocycles. The summed E-state index contributed by atoms with van der Waals surface area (Å²) in [5.41, 5.74) is 18.2. The van der Waals surface area contributed by atoms with E-state index in [-0.39, 0.29) is 0 Å². The number of para-hydroxylation sites is 8. The van der Waals surface area contributed by atoms with E-state index in [0.717, 1.165) is 145 Å². The maximum Gasteiger partial charge on any atom is 0.227 e. The number of hydrogen-bond acceptors (Lipinski definition) is 12. The molecule has 17 rings (SSSR count). The molecule has 6 heterocycles. The van der Waals surface area contributed by atoms with Crippen molar-refractivity contribution in [1.82, 2.24) is 19.9 Å². The van der Waals surface area contributed by atoms with Crippen LogP contribution >= 0.6 is 0 Å². The molecule has 0 saturated carbocycles. The zero-order valence-electron chi connectivity index (χ0n) is 43.2. The van der Waals surface area contributed by atoms with Crippen LogP contribution in [0.1, 0.15) is 0 Å². The normalized spacial score (nSPS) is 11.9. The Morgan fingerprint density at radius 3 is 0.744 bits per heavy atom. The van der Waals surface area contributed by atoms with Crippen LogP contribution in [0.15, 0.2) is 269 Å². The van der Waals surface area contributed by atoms with Crippen LogP contribution in [0.4, 0.5) is 34.1 Å². The van der Waals surface area contributed by atoms with Crippen LogP contribution in [-0.2, 0) is 0 Å². The molecule has 17 aromatic rings. The molecule has 6 aromatic heterocycles. The van der Waals surface area contributed by atoms with Crippen molar-refractivity contribution in [3.63, 3.8) is 0 Å². The Balaban J connectivity index is 0.730. The molecule has 0 aliphatic rings. The minimum Gasteiger partial charge on any atom is -0.456 e. The number of oxazole rings is 4. The highest BCUT2D eigenvalue weighted by Crippen LogP contribution is 2.44. The van der Waals surface area contributed by atoms with Gasteiger partial charge in [0, 0.05) is 90.1 Å². The van der Waals surface area contributed by atoms with Crippen LogP contribution in [0.25, 0.3) is 134 Å². The molecule has 12 nitrogen and oxygen atoms in total. The lowest BCUT2D eigenvalue weighted by atomic mass is 10.1. The van der Waals surface area contributed by atoms with Crippen LogP contribution in [0, 0.1) is 0 Å². The molecule has 82 heavy (non-hydrogen) atoms. The second-order valence-electron chi connectivity index (χ2n) is 20.2. The van der Waals surface area contributed by atoms with E-state index in [4.69, 9.17) is 46.4 Å². The van der Waals surface area contributed by atoms with Gasteiger partial charge in [-0.05, 0) is 182 Å². The quantitative estimate of drug-likeness (QED) is 0.129. The van der Waals surface area contributed by atoms with E-state index >= 15 is 0 Å². The lowest BCUT2D eigenvalue weighted by molar-refractivity contribution is 0.619. The highest BCUT2D eigenvalue weighted by molar-refractivity contribution is 6.15. The molecule has 0 fully saturated rings. The van der Waals surface area contributed by atoms with Gasteiger partial charge in [0.2, 0.25) is 23.6 Å². The molecule has 386 valence electrons. The summed E-state index contributed by atoms with van der Waals surface area (Å²) in [6.07, 6.45) is 0. The molecule has 0 bridgehead atoms. The standard InChI is InChI=1S/C70H40N6O6/c1-5-13-59-55(9-1)71-67(79-59)41-17-25-45(26-18-41)75(46-27-19-42(20-28-46)68-72-56-10-2-6-14-60(56)80-68)49-33-35-51-53-39-66-54(40-65(53)77-63(51)37-49)52-36-34-50(38-64(52)78-66)76(47-29-21-43(22-30-47)69-73-57-11-3-7-15-61(57)81-69)48-31-23-44(24-32-48)70-74-58-12-4-8-16-62(58)82-70/h1-40H. The maximum atomic E-state index is 6.81. The molecular formula is C70H40N6O6. The molecule has 0 atom stereocenters. The van der Waals surface area contributed by atoms with Gasteiger partial charge >= 0.3 is 0 Å². The van der Waals surface area contributed by atoms with Gasteiger partial charge < -0.3 is 36.3 Å². The van der Waals surface area contributed by atoms with Crippen molar-refractivity contribution < 1.29 is 26.5 Å². The summed E-state index contributed by atoms with van der Waals surface area (Å²) in [4.78, 5) is 23.4. The van der Waals surface area contributed by atoms with E-state index in [1.54, 1.807) is 0 Å². The Morgan fingerprint density at radius 1 is 0.207 bits per heavy atom. The molecule has 12 heteroatoms. The van der Waals surface area contributed by atoms with Gasteiger partial charge in [-0.15, -0.1) is 0 Å². The number of furan rings is 2. The third-order valence-electron chi connectivity index (χ3n) is 15.2. The van der Waals surface area contributed by atoms with Gasteiger partial charge in [-0.25, -0.2) is 19.9 Å². The van der Waals surface area contributed by atoms with Crippen molar-refractivity contribution in [2.75, 3.05) is 9.80 Å². The summed E-state index contributed by atoms with van der Waals surface area (Å²) in [7, 11) is 0. The smallest absolute Gasteiger partial charge is 0.227 e. The largest absolute Gasteiger partial charge is 0.456 e. The molecule has 0 saturated heterocycles. The number of benzene rings is 11. The van der Waals surface area contributed by atoms with Crippen LogP contribution in [0.5, 0.6) is 0 Å². The Labute approximate surface area is 465 Å². The molecule has 0 N–H and O–H groups in total. The van der Waals surface area contributed by atoms with Gasteiger partial charge in [0.1, 0.15) is 44.4 Å². The van der Waals surface area contributed by atoms with Crippen LogP contribution in [0.3, 0.4) is 0 Å². The average molecular weight is 1060 g/mol. The van der Waals surface area contributed by atoms with E-state index in [1.807, 2.05) is 146 Å². The van der Waals surface area contributed by atoms with E-state index in [0.29, 0.717) is 23.6 Å². The van der Waals surface area contributed by atoms with Crippen molar-refractivity contribution >= 4 is 122 Å². The fourth-order valence-electron chi connectivity index (χ4n) is 11.2. The maximum absolute atomic E-state index is 6.81. The minimum atomic E-state index is 0.562. The van der Waals surface area contributed by atoms with Crippen molar-refractivity contribution in [1.29, 1.82) is 0 Å². The first-order valence-corrected chi connectivity index (χ1v) is 26.8. The molecule has 0 radical (unpaired) electrons. The first-order chi connectivity index (χ1) is 40.5. The van der Waals surface area contributed by atoms with Crippen LogP contribution in [0.2, 0.25) is 0 Å². The Hall–Kier alpha value is -11.5. The summed E-state index contributed by atoms with van der Waals surface area (Å²) >= 11 is 0. The SMILES string of the molecule is c1ccc2oc(-c3ccc(N(c4ccc(-c5nc6ccccc6o5)cc4)c4ccc5c(c4)oc4cc6c(cc45)oc4cc(N(c5ccc(-c7nc8ccccc8o7)cc5)c5ccc(-c7nc8ccccc8o7)cc5)ccc46)cc3)nc2c1. The predicted molar refractivity (Wildman–Crippen MR) is 322 cm³/mol. The van der Waals surface area contributed by atoms with E-state index < -0.39 is 0 Å². The highest BCUT2D eigenvalue weighted by atomic mass is 16.4. The number of aromatic nitrogens is 4. The summed E-state index contributed by atoms with van der Waals surface area (Å²) < 4.78 is 38.2. The van der Waals surface area contributed by atoms with Gasteiger partial charge in [0.15, 0.2) is 22.3 Å². The van der Waals surface area contributed by atoms with E-state index in [9.17, 15) is 0 Å². The minimum absolute atomic E-state index is 0.562. The van der Waals surface area contributed by atoms with Gasteiger partial charge in [-0.3, -0.25) is 0 Å². The molecule has 0 amide bonds. The lowest BCUT2D eigenvalue weighted by Gasteiger charge is -2.25. The Bertz CT molecular complexity index is 4600. The van der Waals surface area contributed by atoms with Gasteiger partial charge in [-0.2, -0.15) is 0 Å². The first kappa shape index (κ1) is 45.5. The van der Waals surface area contributed by atoms with Crippen molar-refractivity contribution in [3.05, 3.63) is 243 Å². The molecule has 0 unspecified atom stereocenters. The molecule has 0 aliphatic carbocycles. The third kappa shape index (κ3) is 7.61. The Kier molecular flexibility index (Phi) is 10.0. The van der Waals surface area contributed by atoms with Gasteiger partial charge in [0.25, 0.3) is 0 Å². The second-order valence-corrected chi connectivity index (χ2v) is 20.2. The topological polar surface area (TPSA) is 137 Å². The number of anilines is 6. The highest BCUT2D eigenvalue weighted by Gasteiger charge is 2.22. The Morgan fingerprint density at radius 2 is 0.463 bits per heavy atom. The van der Waals surface area contributed by atoms with Crippen LogP contribution < -0.4 is 9.80 Å². The first-order valence-electron chi connectivity index (χ1n) is 26.8. The number of rotatable bonds is 10. The predicted octanol–water partition coefficient (Wildman–Crippen LogP) is 19.7. The summed E-state index contributed by atoms with van der Waals surface area (Å²) in [5.74, 6) is 2.25. The van der Waals surface area contributed by atoms with Gasteiger partial charge in [0.05, 0.1) is 0 Å². The number of fused-ring (bicyclic) bond motifs is 10. The molecule has 0 aliphatic heterocycles. The molecule has 0 spiro atoms. The lowest BCUT2D eigenvalue weighted by Crippen LogP contribution is -2.09. The van der Waals surface area contributed by atoms with E-state index in [1.165, 1.54) is 0 Å². The monoisotopic (exact) mass is 1060 g/mol. The number of nitrogens with zero attached hydrogens (tertiary/aromatic N) is 6. The zero-order chi connectivity index (χ0) is 53.8. The van der Waals surface area contributed by atoms with Crippen molar-refractivity contribution in [3.8, 4) is 45.8 Å². The summed E-state index contributed by atoms with van der Waals surface area (Å²) in [5, 5.41) is 3.83. The van der Waals surface area contributed by atoms with Crippen molar-refractivity contribution in [2.45, 2.75) is 0 Å². The van der Waals surface area contributed by atoms with Gasteiger partial charge in [-0.1, -0.05) is 48.5 Å². The summed E-state index contributed by atoms with van der Waals surface area (Å²) in [6.45, 7) is 0. The fourth-order valence-corrected chi connectivity index (χ4v) is 11.2. The second kappa shape index (κ2) is 18.0. The zero-order valence-corrected chi connectivity index (χ0v) is 43.2. The average Bonchev–Trinajstić information content (AvgIpc) is 4.57. The number of hydrogen-bond donors (Lipinski definition) is 0. The summed E-state index contributed by atoms with van der Waals surface area (Å²) in [6, 6.07) is 81.1. The van der Waals surface area contributed by atoms with E-state index in [2.05, 4.69) is 107 Å². The van der Waals surface area contributed by atoms with Crippen LogP contribution in [-0.4, -0.2) is 19.9 Å². The third-order valence-corrected chi connectivity index (χ3v) is 15.2.